The van der Waals surface area contributed by atoms with E-state index in [1.54, 1.807) is 32.4 Å². The third-order valence-corrected chi connectivity index (χ3v) is 3.90. The fourth-order valence-corrected chi connectivity index (χ4v) is 2.66. The van der Waals surface area contributed by atoms with Crippen LogP contribution in [0.3, 0.4) is 0 Å². The minimum atomic E-state index is -0.333. The Kier molecular flexibility index (Phi) is 5.39. The lowest BCUT2D eigenvalue weighted by Gasteiger charge is -2.13. The lowest BCUT2D eigenvalue weighted by atomic mass is 10.0. The second-order valence-electron chi connectivity index (χ2n) is 5.56. The molecule has 0 atom stereocenters. The summed E-state index contributed by atoms with van der Waals surface area (Å²) in [7, 11) is 3.12. The van der Waals surface area contributed by atoms with E-state index in [0.717, 1.165) is 16.8 Å². The molecule has 3 rings (SSSR count). The molecular weight excluding hydrogens is 328 g/mol. The van der Waals surface area contributed by atoms with E-state index in [9.17, 15) is 4.79 Å². The lowest BCUT2D eigenvalue weighted by Crippen LogP contribution is -2.19. The molecule has 2 N–H and O–H groups in total. The molecule has 0 radical (unpaired) electrons. The molecule has 0 aromatic heterocycles. The van der Waals surface area contributed by atoms with Gasteiger partial charge in [0, 0.05) is 17.3 Å². The van der Waals surface area contributed by atoms with Crippen molar-refractivity contribution in [2.75, 3.05) is 24.9 Å². The molecule has 0 bridgehead atoms. The van der Waals surface area contributed by atoms with Crippen molar-refractivity contribution in [1.82, 2.24) is 0 Å². The van der Waals surface area contributed by atoms with Crippen molar-refractivity contribution in [3.05, 3.63) is 72.8 Å². The zero-order chi connectivity index (χ0) is 18.4. The molecule has 26 heavy (non-hydrogen) atoms. The summed E-state index contributed by atoms with van der Waals surface area (Å²) in [5, 5.41) is 5.71. The fraction of sp³-hybridized carbons (Fsp3) is 0.0952. The van der Waals surface area contributed by atoms with Gasteiger partial charge in [0.05, 0.1) is 19.9 Å². The highest BCUT2D eigenvalue weighted by atomic mass is 16.5. The molecule has 0 aliphatic heterocycles. The zero-order valence-electron chi connectivity index (χ0n) is 14.7. The van der Waals surface area contributed by atoms with Crippen molar-refractivity contribution >= 4 is 17.4 Å². The van der Waals surface area contributed by atoms with Crippen LogP contribution >= 0.6 is 0 Å². The van der Waals surface area contributed by atoms with Crippen LogP contribution in [0.1, 0.15) is 0 Å². The molecule has 0 aliphatic carbocycles. The molecule has 5 nitrogen and oxygen atoms in total. The Hall–Kier alpha value is -3.47. The molecule has 0 spiro atoms. The van der Waals surface area contributed by atoms with Crippen molar-refractivity contribution in [1.29, 1.82) is 0 Å². The first kappa shape index (κ1) is 17.4. The van der Waals surface area contributed by atoms with Gasteiger partial charge in [-0.25, -0.2) is 4.79 Å². The van der Waals surface area contributed by atoms with Gasteiger partial charge in [0.15, 0.2) is 11.5 Å². The maximum Gasteiger partial charge on any atom is 0.323 e. The van der Waals surface area contributed by atoms with Gasteiger partial charge in [-0.05, 0) is 23.8 Å². The number of benzene rings is 3. The fourth-order valence-electron chi connectivity index (χ4n) is 2.66. The number of hydrogen-bond acceptors (Lipinski definition) is 3. The second-order valence-corrected chi connectivity index (χ2v) is 5.56. The topological polar surface area (TPSA) is 59.6 Å². The smallest absolute Gasteiger partial charge is 0.323 e. The molecule has 0 aliphatic rings. The monoisotopic (exact) mass is 348 g/mol. The number of methoxy groups -OCH3 is 2. The highest BCUT2D eigenvalue weighted by Crippen LogP contribution is 2.30. The predicted molar refractivity (Wildman–Crippen MR) is 104 cm³/mol. The molecule has 0 heterocycles. The highest BCUT2D eigenvalue weighted by Gasteiger charge is 2.10. The number of ether oxygens (including phenoxy) is 2. The number of urea groups is 1. The Bertz CT molecular complexity index is 895. The largest absolute Gasteiger partial charge is 0.493 e. The molecule has 0 fully saturated rings. The van der Waals surface area contributed by atoms with Crippen LogP contribution in [0.5, 0.6) is 11.5 Å². The van der Waals surface area contributed by atoms with Crippen LogP contribution in [0, 0.1) is 0 Å². The SMILES string of the molecule is COc1ccc(NC(=O)Nc2ccccc2-c2ccccc2)cc1OC. The van der Waals surface area contributed by atoms with E-state index in [4.69, 9.17) is 9.47 Å². The maximum absolute atomic E-state index is 12.4. The van der Waals surface area contributed by atoms with Crippen molar-refractivity contribution < 1.29 is 14.3 Å². The first-order chi connectivity index (χ1) is 12.7. The van der Waals surface area contributed by atoms with Gasteiger partial charge in [-0.1, -0.05) is 48.5 Å². The van der Waals surface area contributed by atoms with Crippen LogP contribution in [-0.2, 0) is 0 Å². The number of anilines is 2. The van der Waals surface area contributed by atoms with Crippen LogP contribution in [0.15, 0.2) is 72.8 Å². The summed E-state index contributed by atoms with van der Waals surface area (Å²) < 4.78 is 10.5. The minimum absolute atomic E-state index is 0.333. The van der Waals surface area contributed by atoms with Crippen molar-refractivity contribution in [3.8, 4) is 22.6 Å². The van der Waals surface area contributed by atoms with E-state index in [1.165, 1.54) is 0 Å². The Balaban J connectivity index is 1.77. The van der Waals surface area contributed by atoms with Crippen molar-refractivity contribution in [2.24, 2.45) is 0 Å². The van der Waals surface area contributed by atoms with E-state index >= 15 is 0 Å². The molecule has 132 valence electrons. The van der Waals surface area contributed by atoms with E-state index in [1.807, 2.05) is 54.6 Å². The van der Waals surface area contributed by atoms with Gasteiger partial charge >= 0.3 is 6.03 Å². The summed E-state index contributed by atoms with van der Waals surface area (Å²) in [6.07, 6.45) is 0. The van der Waals surface area contributed by atoms with Crippen LogP contribution < -0.4 is 20.1 Å². The molecule has 3 aromatic carbocycles. The van der Waals surface area contributed by atoms with E-state index in [0.29, 0.717) is 17.2 Å². The van der Waals surface area contributed by atoms with Gasteiger partial charge in [0.1, 0.15) is 0 Å². The Morgan fingerprint density at radius 2 is 1.46 bits per heavy atom. The molecule has 0 saturated carbocycles. The second kappa shape index (κ2) is 8.07. The molecule has 5 heteroatoms. The van der Waals surface area contributed by atoms with Gasteiger partial charge in [-0.15, -0.1) is 0 Å². The summed E-state index contributed by atoms with van der Waals surface area (Å²) >= 11 is 0. The van der Waals surface area contributed by atoms with Gasteiger partial charge in [-0.2, -0.15) is 0 Å². The van der Waals surface area contributed by atoms with Crippen molar-refractivity contribution in [3.63, 3.8) is 0 Å². The lowest BCUT2D eigenvalue weighted by molar-refractivity contribution is 0.262. The summed E-state index contributed by atoms with van der Waals surface area (Å²) in [6, 6.07) is 22.5. The number of para-hydroxylation sites is 1. The van der Waals surface area contributed by atoms with Crippen LogP contribution in [-0.4, -0.2) is 20.3 Å². The van der Waals surface area contributed by atoms with Crippen LogP contribution in [0.2, 0.25) is 0 Å². The normalized spacial score (nSPS) is 10.1. The van der Waals surface area contributed by atoms with Gasteiger partial charge in [-0.3, -0.25) is 0 Å². The molecule has 0 unspecified atom stereocenters. The molecule has 3 aromatic rings. The third kappa shape index (κ3) is 3.95. The van der Waals surface area contributed by atoms with E-state index in [-0.39, 0.29) is 6.03 Å². The number of rotatable bonds is 5. The van der Waals surface area contributed by atoms with Gasteiger partial charge < -0.3 is 20.1 Å². The molecular formula is C21H20N2O3. The maximum atomic E-state index is 12.4. The number of carbonyl (C=O) groups excluding carboxylic acids is 1. The standard InChI is InChI=1S/C21H20N2O3/c1-25-19-13-12-16(14-20(19)26-2)22-21(24)23-18-11-7-6-10-17(18)15-8-4-3-5-9-15/h3-14H,1-2H3,(H2,22,23,24). The number of carbonyl (C=O) groups is 1. The first-order valence-corrected chi connectivity index (χ1v) is 8.15. The van der Waals surface area contributed by atoms with Crippen LogP contribution in [0.25, 0.3) is 11.1 Å². The Morgan fingerprint density at radius 1 is 0.769 bits per heavy atom. The Labute approximate surface area is 152 Å². The summed E-state index contributed by atoms with van der Waals surface area (Å²) in [5.41, 5.74) is 3.33. The molecule has 0 saturated heterocycles. The summed E-state index contributed by atoms with van der Waals surface area (Å²) in [6.45, 7) is 0. The van der Waals surface area contributed by atoms with E-state index in [2.05, 4.69) is 10.6 Å². The quantitative estimate of drug-likeness (QED) is 0.681. The highest BCUT2D eigenvalue weighted by molar-refractivity contribution is 6.02. The number of amides is 2. The first-order valence-electron chi connectivity index (χ1n) is 8.15. The zero-order valence-corrected chi connectivity index (χ0v) is 14.7. The van der Waals surface area contributed by atoms with Gasteiger partial charge in [0.2, 0.25) is 0 Å². The summed E-state index contributed by atoms with van der Waals surface area (Å²) in [5.74, 6) is 1.16. The number of nitrogens with one attached hydrogen (secondary N) is 2. The van der Waals surface area contributed by atoms with Crippen molar-refractivity contribution in [2.45, 2.75) is 0 Å². The van der Waals surface area contributed by atoms with Crippen LogP contribution in [0.4, 0.5) is 16.2 Å². The predicted octanol–water partition coefficient (Wildman–Crippen LogP) is 5.01. The molecule has 2 amide bonds. The average Bonchev–Trinajstić information content (AvgIpc) is 2.69. The minimum Gasteiger partial charge on any atom is -0.493 e. The average molecular weight is 348 g/mol. The summed E-state index contributed by atoms with van der Waals surface area (Å²) in [4.78, 5) is 12.4. The van der Waals surface area contributed by atoms with Gasteiger partial charge in [0.25, 0.3) is 0 Å². The Morgan fingerprint density at radius 3 is 2.19 bits per heavy atom. The third-order valence-electron chi connectivity index (χ3n) is 3.90. The number of hydrogen-bond donors (Lipinski definition) is 2. The van der Waals surface area contributed by atoms with E-state index < -0.39 is 0 Å².